The summed E-state index contributed by atoms with van der Waals surface area (Å²) in [5.41, 5.74) is 0.886. The highest BCUT2D eigenvalue weighted by atomic mass is 79.9. The van der Waals surface area contributed by atoms with Crippen LogP contribution >= 0.6 is 31.9 Å². The van der Waals surface area contributed by atoms with Gasteiger partial charge in [0.2, 0.25) is 10.0 Å². The molecule has 0 heterocycles. The van der Waals surface area contributed by atoms with Crippen LogP contribution in [0.25, 0.3) is 0 Å². The molecule has 0 saturated carbocycles. The molecule has 3 aromatic carbocycles. The molecule has 0 aliphatic heterocycles. The number of ether oxygens (including phenoxy) is 1. The molecule has 0 aliphatic carbocycles. The summed E-state index contributed by atoms with van der Waals surface area (Å²) in [6, 6.07) is 20.9. The fourth-order valence-electron chi connectivity index (χ4n) is 2.45. The van der Waals surface area contributed by atoms with Gasteiger partial charge in [-0.3, -0.25) is 0 Å². The molecule has 0 spiro atoms. The zero-order valence-corrected chi connectivity index (χ0v) is 18.4. The van der Waals surface area contributed by atoms with Crippen molar-refractivity contribution >= 4 is 41.9 Å². The Balaban J connectivity index is 1.71. The van der Waals surface area contributed by atoms with Crippen LogP contribution in [0.5, 0.6) is 11.5 Å². The maximum atomic E-state index is 12.6. The van der Waals surface area contributed by atoms with Crippen LogP contribution < -0.4 is 9.46 Å². The highest BCUT2D eigenvalue weighted by molar-refractivity contribution is 9.10. The van der Waals surface area contributed by atoms with E-state index in [1.165, 1.54) is 12.1 Å². The molecule has 0 amide bonds. The van der Waals surface area contributed by atoms with Crippen molar-refractivity contribution < 1.29 is 13.2 Å². The molecule has 1 atom stereocenters. The predicted molar refractivity (Wildman–Crippen MR) is 114 cm³/mol. The van der Waals surface area contributed by atoms with Crippen molar-refractivity contribution in [3.05, 3.63) is 87.3 Å². The molecule has 0 radical (unpaired) electrons. The summed E-state index contributed by atoms with van der Waals surface area (Å²) < 4.78 is 35.6. The highest BCUT2D eigenvalue weighted by Gasteiger charge is 2.18. The van der Waals surface area contributed by atoms with Crippen LogP contribution in [0, 0.1) is 0 Å². The van der Waals surface area contributed by atoms with Gasteiger partial charge in [-0.2, -0.15) is 0 Å². The van der Waals surface area contributed by atoms with Crippen LogP contribution in [-0.2, 0) is 10.0 Å². The molecule has 0 saturated heterocycles. The van der Waals surface area contributed by atoms with E-state index < -0.39 is 10.0 Å². The Morgan fingerprint density at radius 2 is 1.22 bits per heavy atom. The van der Waals surface area contributed by atoms with Crippen molar-refractivity contribution in [3.8, 4) is 11.5 Å². The number of halogens is 2. The van der Waals surface area contributed by atoms with Crippen molar-refractivity contribution in [2.75, 3.05) is 0 Å². The van der Waals surface area contributed by atoms with E-state index in [0.717, 1.165) is 14.5 Å². The second-order valence-electron chi connectivity index (χ2n) is 5.92. The largest absolute Gasteiger partial charge is 0.457 e. The monoisotopic (exact) mass is 509 g/mol. The second-order valence-corrected chi connectivity index (χ2v) is 9.47. The minimum Gasteiger partial charge on any atom is -0.457 e. The summed E-state index contributed by atoms with van der Waals surface area (Å²) in [6.45, 7) is 1.81. The summed E-state index contributed by atoms with van der Waals surface area (Å²) in [7, 11) is -3.64. The molecule has 3 rings (SSSR count). The lowest BCUT2D eigenvalue weighted by Crippen LogP contribution is -2.26. The van der Waals surface area contributed by atoms with E-state index >= 15 is 0 Å². The first-order valence-electron chi connectivity index (χ1n) is 8.15. The lowest BCUT2D eigenvalue weighted by atomic mass is 10.1. The Morgan fingerprint density at radius 3 is 1.74 bits per heavy atom. The second kappa shape index (κ2) is 8.56. The Kier molecular flexibility index (Phi) is 6.37. The van der Waals surface area contributed by atoms with Gasteiger partial charge in [-0.25, -0.2) is 13.1 Å². The van der Waals surface area contributed by atoms with Crippen LogP contribution in [0.4, 0.5) is 0 Å². The van der Waals surface area contributed by atoms with E-state index in [1.54, 1.807) is 12.1 Å². The van der Waals surface area contributed by atoms with E-state index in [1.807, 2.05) is 55.5 Å². The van der Waals surface area contributed by atoms with E-state index in [-0.39, 0.29) is 10.9 Å². The molecule has 3 aromatic rings. The SMILES string of the molecule is C[C@@H](NS(=O)(=O)c1ccc(Oc2ccc(Br)cc2)cc1)c1ccc(Br)cc1. The van der Waals surface area contributed by atoms with E-state index in [0.29, 0.717) is 11.5 Å². The van der Waals surface area contributed by atoms with Gasteiger partial charge < -0.3 is 4.74 Å². The van der Waals surface area contributed by atoms with Gasteiger partial charge in [0.1, 0.15) is 11.5 Å². The Labute approximate surface area is 175 Å². The quantitative estimate of drug-likeness (QED) is 0.439. The highest BCUT2D eigenvalue weighted by Crippen LogP contribution is 2.25. The topological polar surface area (TPSA) is 55.4 Å². The zero-order chi connectivity index (χ0) is 19.4. The van der Waals surface area contributed by atoms with Crippen LogP contribution in [0.1, 0.15) is 18.5 Å². The molecular formula is C20H17Br2NO3S. The molecule has 0 fully saturated rings. The van der Waals surface area contributed by atoms with E-state index in [2.05, 4.69) is 36.6 Å². The first-order valence-corrected chi connectivity index (χ1v) is 11.2. The Hall–Kier alpha value is -1.67. The van der Waals surface area contributed by atoms with Crippen LogP contribution in [0.2, 0.25) is 0 Å². The molecule has 140 valence electrons. The predicted octanol–water partition coefficient (Wildman–Crippen LogP) is 6.04. The van der Waals surface area contributed by atoms with Crippen molar-refractivity contribution in [1.29, 1.82) is 0 Å². The summed E-state index contributed by atoms with van der Waals surface area (Å²) in [4.78, 5) is 0.189. The minimum absolute atomic E-state index is 0.189. The zero-order valence-electron chi connectivity index (χ0n) is 14.4. The summed E-state index contributed by atoms with van der Waals surface area (Å²) >= 11 is 6.74. The normalized spacial score (nSPS) is 12.6. The molecule has 0 aromatic heterocycles. The molecule has 27 heavy (non-hydrogen) atoms. The molecular weight excluding hydrogens is 494 g/mol. The number of nitrogens with one attached hydrogen (secondary N) is 1. The van der Waals surface area contributed by atoms with Crippen LogP contribution in [0.3, 0.4) is 0 Å². The summed E-state index contributed by atoms with van der Waals surface area (Å²) in [6.07, 6.45) is 0. The lowest BCUT2D eigenvalue weighted by Gasteiger charge is -2.15. The Morgan fingerprint density at radius 1 is 0.778 bits per heavy atom. The molecule has 7 heteroatoms. The number of rotatable bonds is 6. The third kappa shape index (κ3) is 5.42. The van der Waals surface area contributed by atoms with E-state index in [4.69, 9.17) is 4.74 Å². The van der Waals surface area contributed by atoms with Crippen molar-refractivity contribution in [3.63, 3.8) is 0 Å². The van der Waals surface area contributed by atoms with Crippen LogP contribution in [0.15, 0.2) is 86.6 Å². The van der Waals surface area contributed by atoms with Gasteiger partial charge in [-0.05, 0) is 73.2 Å². The Bertz CT molecular complexity index is 1000. The third-order valence-corrected chi connectivity index (χ3v) is 6.50. The maximum Gasteiger partial charge on any atom is 0.241 e. The van der Waals surface area contributed by atoms with Gasteiger partial charge in [0, 0.05) is 15.0 Å². The van der Waals surface area contributed by atoms with Crippen molar-refractivity contribution in [2.24, 2.45) is 0 Å². The molecule has 0 unspecified atom stereocenters. The molecule has 1 N–H and O–H groups in total. The molecule has 0 bridgehead atoms. The first kappa shape index (κ1) is 20.1. The average molecular weight is 511 g/mol. The van der Waals surface area contributed by atoms with Crippen molar-refractivity contribution in [1.82, 2.24) is 4.72 Å². The number of hydrogen-bond acceptors (Lipinski definition) is 3. The number of hydrogen-bond donors (Lipinski definition) is 1. The first-order chi connectivity index (χ1) is 12.8. The lowest BCUT2D eigenvalue weighted by molar-refractivity contribution is 0.482. The summed E-state index contributed by atoms with van der Waals surface area (Å²) in [5.74, 6) is 1.24. The van der Waals surface area contributed by atoms with Gasteiger partial charge in [-0.15, -0.1) is 0 Å². The van der Waals surface area contributed by atoms with Crippen molar-refractivity contribution in [2.45, 2.75) is 17.9 Å². The summed E-state index contributed by atoms with van der Waals surface area (Å²) in [5, 5.41) is 0. The standard InChI is InChI=1S/C20H17Br2NO3S/c1-14(15-2-4-16(21)5-3-15)23-27(24,25)20-12-10-19(11-13-20)26-18-8-6-17(22)7-9-18/h2-14,23H,1H3/t14-/m1/s1. The van der Waals surface area contributed by atoms with Gasteiger partial charge in [0.15, 0.2) is 0 Å². The maximum absolute atomic E-state index is 12.6. The van der Waals surface area contributed by atoms with Gasteiger partial charge in [0.25, 0.3) is 0 Å². The molecule has 0 aliphatic rings. The molecule has 4 nitrogen and oxygen atoms in total. The minimum atomic E-state index is -3.64. The van der Waals surface area contributed by atoms with Gasteiger partial charge in [0.05, 0.1) is 4.90 Å². The number of sulfonamides is 1. The number of benzene rings is 3. The van der Waals surface area contributed by atoms with Gasteiger partial charge >= 0.3 is 0 Å². The fourth-order valence-corrected chi connectivity index (χ4v) is 4.21. The smallest absolute Gasteiger partial charge is 0.241 e. The van der Waals surface area contributed by atoms with Crippen LogP contribution in [-0.4, -0.2) is 8.42 Å². The fraction of sp³-hybridized carbons (Fsp3) is 0.100. The third-order valence-electron chi connectivity index (χ3n) is 3.89. The van der Waals surface area contributed by atoms with Gasteiger partial charge in [-0.1, -0.05) is 44.0 Å². The average Bonchev–Trinajstić information content (AvgIpc) is 2.64. The van der Waals surface area contributed by atoms with E-state index in [9.17, 15) is 8.42 Å².